The van der Waals surface area contributed by atoms with Gasteiger partial charge in [0.1, 0.15) is 11.5 Å². The third-order valence-corrected chi connectivity index (χ3v) is 5.57. The molecule has 0 atom stereocenters. The van der Waals surface area contributed by atoms with Crippen LogP contribution in [0, 0.1) is 6.92 Å². The number of hydrogen-bond donors (Lipinski definition) is 0. The van der Waals surface area contributed by atoms with Crippen LogP contribution in [0.25, 0.3) is 10.9 Å². The second kappa shape index (κ2) is 8.26. The van der Waals surface area contributed by atoms with Crippen molar-refractivity contribution in [1.82, 2.24) is 9.88 Å². The molecule has 2 heterocycles. The van der Waals surface area contributed by atoms with Crippen molar-refractivity contribution >= 4 is 22.8 Å². The standard InChI is InChI=1S/C24H24N2O5/c1-14-5-6-20-18(9-14)22(24(28)31-4)19-13-26(8-7-21(19)25-20)23(27)15-10-16(29-2)12-17(11-15)30-3/h5-6,9-12H,7-8,13H2,1-4H3. The van der Waals surface area contributed by atoms with Crippen LogP contribution in [0.5, 0.6) is 11.5 Å². The number of amides is 1. The van der Waals surface area contributed by atoms with E-state index in [2.05, 4.69) is 0 Å². The van der Waals surface area contributed by atoms with Crippen LogP contribution >= 0.6 is 0 Å². The van der Waals surface area contributed by atoms with E-state index >= 15 is 0 Å². The van der Waals surface area contributed by atoms with E-state index < -0.39 is 5.97 Å². The van der Waals surface area contributed by atoms with E-state index in [4.69, 9.17) is 19.2 Å². The highest BCUT2D eigenvalue weighted by atomic mass is 16.5. The molecular weight excluding hydrogens is 396 g/mol. The Labute approximate surface area is 180 Å². The predicted octanol–water partition coefficient (Wildman–Crippen LogP) is 3.55. The van der Waals surface area contributed by atoms with Crippen LogP contribution in [0.15, 0.2) is 36.4 Å². The molecule has 7 heteroatoms. The first-order valence-corrected chi connectivity index (χ1v) is 9.98. The Kier molecular flexibility index (Phi) is 5.50. The van der Waals surface area contributed by atoms with E-state index in [0.29, 0.717) is 35.6 Å². The minimum absolute atomic E-state index is 0.164. The summed E-state index contributed by atoms with van der Waals surface area (Å²) in [7, 11) is 4.45. The highest BCUT2D eigenvalue weighted by Gasteiger charge is 2.29. The normalized spacial score (nSPS) is 13.0. The molecule has 0 saturated heterocycles. The number of carbonyl (C=O) groups excluding carboxylic acids is 2. The van der Waals surface area contributed by atoms with E-state index in [1.54, 1.807) is 37.3 Å². The van der Waals surface area contributed by atoms with Crippen molar-refractivity contribution in [2.45, 2.75) is 19.9 Å². The van der Waals surface area contributed by atoms with Gasteiger partial charge in [-0.25, -0.2) is 4.79 Å². The quantitative estimate of drug-likeness (QED) is 0.601. The summed E-state index contributed by atoms with van der Waals surface area (Å²) in [6, 6.07) is 10.9. The largest absolute Gasteiger partial charge is 0.497 e. The monoisotopic (exact) mass is 420 g/mol. The lowest BCUT2D eigenvalue weighted by molar-refractivity contribution is 0.0594. The van der Waals surface area contributed by atoms with E-state index in [9.17, 15) is 9.59 Å². The van der Waals surface area contributed by atoms with Crippen molar-refractivity contribution in [2.75, 3.05) is 27.9 Å². The Morgan fingerprint density at radius 1 is 1.00 bits per heavy atom. The smallest absolute Gasteiger partial charge is 0.338 e. The summed E-state index contributed by atoms with van der Waals surface area (Å²) in [5.41, 5.74) is 4.27. The minimum atomic E-state index is -0.424. The number of carbonyl (C=O) groups is 2. The van der Waals surface area contributed by atoms with E-state index in [-0.39, 0.29) is 12.5 Å². The van der Waals surface area contributed by atoms with Crippen molar-refractivity contribution in [1.29, 1.82) is 0 Å². The van der Waals surface area contributed by atoms with Crippen LogP contribution < -0.4 is 9.47 Å². The molecule has 1 aliphatic rings. The molecule has 0 fully saturated rings. The lowest BCUT2D eigenvalue weighted by atomic mass is 9.94. The molecule has 0 radical (unpaired) electrons. The van der Waals surface area contributed by atoms with Gasteiger partial charge in [-0.1, -0.05) is 11.6 Å². The van der Waals surface area contributed by atoms with Gasteiger partial charge in [0.15, 0.2) is 0 Å². The minimum Gasteiger partial charge on any atom is -0.497 e. The Balaban J connectivity index is 1.77. The molecule has 31 heavy (non-hydrogen) atoms. The summed E-state index contributed by atoms with van der Waals surface area (Å²) in [6.07, 6.45) is 0.552. The van der Waals surface area contributed by atoms with E-state index in [1.807, 2.05) is 25.1 Å². The summed E-state index contributed by atoms with van der Waals surface area (Å²) in [5.74, 6) is 0.492. The summed E-state index contributed by atoms with van der Waals surface area (Å²) < 4.78 is 15.7. The molecular formula is C24H24N2O5. The number of fused-ring (bicyclic) bond motifs is 2. The van der Waals surface area contributed by atoms with Gasteiger partial charge in [-0.2, -0.15) is 0 Å². The number of methoxy groups -OCH3 is 3. The van der Waals surface area contributed by atoms with Gasteiger partial charge in [-0.15, -0.1) is 0 Å². The number of esters is 1. The molecule has 0 N–H and O–H groups in total. The third-order valence-electron chi connectivity index (χ3n) is 5.57. The van der Waals surface area contributed by atoms with Crippen LogP contribution in [-0.2, 0) is 17.7 Å². The van der Waals surface area contributed by atoms with E-state index in [0.717, 1.165) is 27.7 Å². The topological polar surface area (TPSA) is 78.0 Å². The highest BCUT2D eigenvalue weighted by Crippen LogP contribution is 2.31. The number of pyridine rings is 1. The molecule has 160 valence electrons. The van der Waals surface area contributed by atoms with Crippen LogP contribution in [0.3, 0.4) is 0 Å². The molecule has 0 aliphatic carbocycles. The molecule has 3 aromatic rings. The average Bonchev–Trinajstić information content (AvgIpc) is 2.80. The van der Waals surface area contributed by atoms with Gasteiger partial charge in [0, 0.05) is 47.8 Å². The molecule has 4 rings (SSSR count). The molecule has 0 saturated carbocycles. The predicted molar refractivity (Wildman–Crippen MR) is 116 cm³/mol. The zero-order chi connectivity index (χ0) is 22.1. The first-order chi connectivity index (χ1) is 14.9. The fourth-order valence-electron chi connectivity index (χ4n) is 3.98. The number of rotatable bonds is 4. The van der Waals surface area contributed by atoms with Gasteiger partial charge in [0.25, 0.3) is 5.91 Å². The average molecular weight is 420 g/mol. The summed E-state index contributed by atoms with van der Waals surface area (Å²) in [6.45, 7) is 2.73. The van der Waals surface area contributed by atoms with Crippen LogP contribution in [0.2, 0.25) is 0 Å². The number of nitrogens with zero attached hydrogens (tertiary/aromatic N) is 2. The van der Waals surface area contributed by atoms with Crippen LogP contribution in [0.4, 0.5) is 0 Å². The van der Waals surface area contributed by atoms with Crippen molar-refractivity contribution in [3.63, 3.8) is 0 Å². The first-order valence-electron chi connectivity index (χ1n) is 9.98. The molecule has 1 amide bonds. The zero-order valence-corrected chi connectivity index (χ0v) is 18.0. The fourth-order valence-corrected chi connectivity index (χ4v) is 3.98. The molecule has 2 aromatic carbocycles. The molecule has 0 spiro atoms. The van der Waals surface area contributed by atoms with Gasteiger partial charge < -0.3 is 19.1 Å². The first kappa shape index (κ1) is 20.7. The molecule has 0 unspecified atom stereocenters. The Hall–Kier alpha value is -3.61. The number of aromatic nitrogens is 1. The van der Waals surface area contributed by atoms with Crippen molar-refractivity contribution < 1.29 is 23.8 Å². The third kappa shape index (κ3) is 3.79. The highest BCUT2D eigenvalue weighted by molar-refractivity contribution is 6.05. The number of benzene rings is 2. The second-order valence-electron chi connectivity index (χ2n) is 7.50. The molecule has 1 aliphatic heterocycles. The van der Waals surface area contributed by atoms with Gasteiger partial charge in [0.2, 0.25) is 0 Å². The van der Waals surface area contributed by atoms with Gasteiger partial charge in [-0.05, 0) is 31.2 Å². The molecule has 1 aromatic heterocycles. The second-order valence-corrected chi connectivity index (χ2v) is 7.50. The maximum Gasteiger partial charge on any atom is 0.338 e. The SMILES string of the molecule is COC(=O)c1c2c(nc3ccc(C)cc13)CCN(C(=O)c1cc(OC)cc(OC)c1)C2. The Bertz CT molecular complexity index is 1170. The fraction of sp³-hybridized carbons (Fsp3) is 0.292. The molecule has 0 bridgehead atoms. The summed E-state index contributed by atoms with van der Waals surface area (Å²) in [5, 5.41) is 0.739. The lowest BCUT2D eigenvalue weighted by Crippen LogP contribution is -2.37. The van der Waals surface area contributed by atoms with Crippen LogP contribution in [-0.4, -0.2) is 49.6 Å². The maximum atomic E-state index is 13.3. The zero-order valence-electron chi connectivity index (χ0n) is 18.0. The van der Waals surface area contributed by atoms with Gasteiger partial charge >= 0.3 is 5.97 Å². The number of aryl methyl sites for hydroxylation is 1. The van der Waals surface area contributed by atoms with Gasteiger partial charge in [-0.3, -0.25) is 9.78 Å². The van der Waals surface area contributed by atoms with E-state index in [1.165, 1.54) is 7.11 Å². The maximum absolute atomic E-state index is 13.3. The van der Waals surface area contributed by atoms with Crippen molar-refractivity contribution in [3.05, 3.63) is 64.3 Å². The van der Waals surface area contributed by atoms with Gasteiger partial charge in [0.05, 0.1) is 32.4 Å². The number of hydrogen-bond acceptors (Lipinski definition) is 6. The molecule has 7 nitrogen and oxygen atoms in total. The summed E-state index contributed by atoms with van der Waals surface area (Å²) in [4.78, 5) is 32.5. The van der Waals surface area contributed by atoms with Crippen LogP contribution in [0.1, 0.15) is 37.5 Å². The van der Waals surface area contributed by atoms with Crippen molar-refractivity contribution in [2.24, 2.45) is 0 Å². The number of ether oxygens (including phenoxy) is 3. The van der Waals surface area contributed by atoms with Crippen molar-refractivity contribution in [3.8, 4) is 11.5 Å². The summed E-state index contributed by atoms with van der Waals surface area (Å²) >= 11 is 0. The Morgan fingerprint density at radius 2 is 1.71 bits per heavy atom. The lowest BCUT2D eigenvalue weighted by Gasteiger charge is -2.30. The Morgan fingerprint density at radius 3 is 2.35 bits per heavy atom.